The number of ether oxygens (including phenoxy) is 1. The van der Waals surface area contributed by atoms with Gasteiger partial charge in [0.25, 0.3) is 5.69 Å². The quantitative estimate of drug-likeness (QED) is 0.488. The first-order valence-electron chi connectivity index (χ1n) is 5.40. The summed E-state index contributed by atoms with van der Waals surface area (Å²) in [6.07, 6.45) is 0. The molecule has 7 heteroatoms. The van der Waals surface area contributed by atoms with Gasteiger partial charge in [0, 0.05) is 18.2 Å². The van der Waals surface area contributed by atoms with Gasteiger partial charge in [-0.1, -0.05) is 11.6 Å². The molecule has 0 fully saturated rings. The van der Waals surface area contributed by atoms with E-state index in [-0.39, 0.29) is 10.8 Å². The van der Waals surface area contributed by atoms with Gasteiger partial charge in [0.1, 0.15) is 16.7 Å². The molecule has 0 bridgehead atoms. The van der Waals surface area contributed by atoms with Gasteiger partial charge in [0.15, 0.2) is 0 Å². The van der Waals surface area contributed by atoms with Crippen LogP contribution in [0.25, 0.3) is 0 Å². The second-order valence-electron chi connectivity index (χ2n) is 3.89. The van der Waals surface area contributed by atoms with Crippen molar-refractivity contribution < 1.29 is 9.66 Å². The third-order valence-electron chi connectivity index (χ3n) is 2.37. The third-order valence-corrected chi connectivity index (χ3v) is 2.56. The fraction of sp³-hybridized carbons (Fsp3) is 0.167. The third kappa shape index (κ3) is 3.17. The Kier molecular flexibility index (Phi) is 3.62. The van der Waals surface area contributed by atoms with E-state index in [4.69, 9.17) is 16.3 Å². The van der Waals surface area contributed by atoms with Gasteiger partial charge < -0.3 is 4.74 Å². The summed E-state index contributed by atoms with van der Waals surface area (Å²) >= 11 is 5.80. The molecule has 0 amide bonds. The summed E-state index contributed by atoms with van der Waals surface area (Å²) in [5, 5.41) is 10.9. The molecule has 0 aliphatic carbocycles. The minimum atomic E-state index is -0.456. The van der Waals surface area contributed by atoms with Crippen LogP contribution in [0.4, 0.5) is 5.69 Å². The molecule has 0 aliphatic rings. The molecular weight excluding hydrogens is 270 g/mol. The van der Waals surface area contributed by atoms with Crippen molar-refractivity contribution in [1.82, 2.24) is 9.97 Å². The van der Waals surface area contributed by atoms with Gasteiger partial charge >= 0.3 is 0 Å². The number of non-ortho nitro benzene ring substituents is 1. The number of rotatable bonds is 3. The van der Waals surface area contributed by atoms with Crippen molar-refractivity contribution in [3.63, 3.8) is 0 Å². The van der Waals surface area contributed by atoms with Crippen molar-refractivity contribution >= 4 is 17.3 Å². The topological polar surface area (TPSA) is 78.2 Å². The van der Waals surface area contributed by atoms with Crippen molar-refractivity contribution in [3.8, 4) is 11.6 Å². The first-order chi connectivity index (χ1) is 8.95. The molecule has 1 aromatic heterocycles. The van der Waals surface area contributed by atoms with Gasteiger partial charge in [-0.25, -0.2) is 4.98 Å². The molecule has 19 heavy (non-hydrogen) atoms. The van der Waals surface area contributed by atoms with Gasteiger partial charge in [0.2, 0.25) is 5.88 Å². The van der Waals surface area contributed by atoms with Gasteiger partial charge in [0.05, 0.1) is 4.92 Å². The molecule has 6 nitrogen and oxygen atoms in total. The highest BCUT2D eigenvalue weighted by Gasteiger charge is 2.10. The van der Waals surface area contributed by atoms with Crippen molar-refractivity contribution in [1.29, 1.82) is 0 Å². The summed E-state index contributed by atoms with van der Waals surface area (Å²) in [6, 6.07) is 5.82. The van der Waals surface area contributed by atoms with Crippen molar-refractivity contribution in [2.24, 2.45) is 0 Å². The molecule has 1 heterocycles. The van der Waals surface area contributed by atoms with Gasteiger partial charge in [-0.2, -0.15) is 4.98 Å². The lowest BCUT2D eigenvalue weighted by atomic mass is 10.2. The zero-order valence-electron chi connectivity index (χ0n) is 10.3. The van der Waals surface area contributed by atoms with Crippen LogP contribution in [0.2, 0.25) is 5.15 Å². The molecule has 0 atom stereocenters. The van der Waals surface area contributed by atoms with E-state index in [0.29, 0.717) is 23.0 Å². The summed E-state index contributed by atoms with van der Waals surface area (Å²) in [4.78, 5) is 18.2. The Morgan fingerprint density at radius 2 is 2.00 bits per heavy atom. The summed E-state index contributed by atoms with van der Waals surface area (Å²) in [5.41, 5.74) is 0.656. The molecule has 0 spiro atoms. The highest BCUT2D eigenvalue weighted by atomic mass is 35.5. The second-order valence-corrected chi connectivity index (χ2v) is 4.27. The van der Waals surface area contributed by atoms with E-state index in [2.05, 4.69) is 9.97 Å². The number of nitrogens with zero attached hydrogens (tertiary/aromatic N) is 3. The van der Waals surface area contributed by atoms with E-state index in [0.717, 1.165) is 0 Å². The maximum atomic E-state index is 10.6. The van der Waals surface area contributed by atoms with Gasteiger partial charge in [-0.3, -0.25) is 10.1 Å². The Bertz CT molecular complexity index is 626. The minimum absolute atomic E-state index is 0.0155. The average molecular weight is 280 g/mol. The standard InChI is InChI=1S/C12H10ClN3O3/c1-7-5-9(16(17)18)3-4-10(7)19-12-6-11(13)14-8(2)15-12/h3-6H,1-2H3. The fourth-order valence-electron chi connectivity index (χ4n) is 1.53. The molecule has 0 aliphatic heterocycles. The fourth-order valence-corrected chi connectivity index (χ4v) is 1.75. The van der Waals surface area contributed by atoms with Gasteiger partial charge in [-0.15, -0.1) is 0 Å². The van der Waals surface area contributed by atoms with E-state index in [1.165, 1.54) is 24.3 Å². The second kappa shape index (κ2) is 5.19. The Hall–Kier alpha value is -2.21. The predicted octanol–water partition coefficient (Wildman–Crippen LogP) is 3.45. The molecule has 0 unspecified atom stereocenters. The van der Waals surface area contributed by atoms with E-state index in [9.17, 15) is 10.1 Å². The van der Waals surface area contributed by atoms with E-state index in [1.807, 2.05) is 0 Å². The maximum Gasteiger partial charge on any atom is 0.269 e. The van der Waals surface area contributed by atoms with Crippen LogP contribution in [0.15, 0.2) is 24.3 Å². The zero-order chi connectivity index (χ0) is 14.0. The van der Waals surface area contributed by atoms with Crippen molar-refractivity contribution in [2.45, 2.75) is 13.8 Å². The van der Waals surface area contributed by atoms with Crippen molar-refractivity contribution in [3.05, 3.63) is 50.9 Å². The first-order valence-corrected chi connectivity index (χ1v) is 5.77. The van der Waals surface area contributed by atoms with Crippen LogP contribution >= 0.6 is 11.6 Å². The predicted molar refractivity (Wildman–Crippen MR) is 69.7 cm³/mol. The van der Waals surface area contributed by atoms with Crippen LogP contribution in [-0.2, 0) is 0 Å². The van der Waals surface area contributed by atoms with Crippen molar-refractivity contribution in [2.75, 3.05) is 0 Å². The molecule has 2 aromatic rings. The van der Waals surface area contributed by atoms with Gasteiger partial charge in [-0.05, 0) is 25.5 Å². The van der Waals surface area contributed by atoms with Crippen LogP contribution < -0.4 is 4.74 Å². The summed E-state index contributed by atoms with van der Waals surface area (Å²) < 4.78 is 5.55. The van der Waals surface area contributed by atoms with E-state index < -0.39 is 4.92 Å². The lowest BCUT2D eigenvalue weighted by Crippen LogP contribution is -1.95. The summed E-state index contributed by atoms with van der Waals surface area (Å²) in [7, 11) is 0. The van der Waals surface area contributed by atoms with Crippen LogP contribution in [0.1, 0.15) is 11.4 Å². The Balaban J connectivity index is 2.30. The van der Waals surface area contributed by atoms with Crippen LogP contribution in [0.3, 0.4) is 0 Å². The monoisotopic (exact) mass is 279 g/mol. The number of aryl methyl sites for hydroxylation is 2. The molecule has 98 valence electrons. The average Bonchev–Trinajstić information content (AvgIpc) is 2.30. The van der Waals surface area contributed by atoms with Crippen LogP contribution in [0, 0.1) is 24.0 Å². The van der Waals surface area contributed by atoms with E-state index >= 15 is 0 Å². The highest BCUT2D eigenvalue weighted by Crippen LogP contribution is 2.27. The number of hydrogen-bond acceptors (Lipinski definition) is 5. The zero-order valence-corrected chi connectivity index (χ0v) is 11.0. The summed E-state index contributed by atoms with van der Waals surface area (Å²) in [6.45, 7) is 3.42. The normalized spacial score (nSPS) is 10.3. The maximum absolute atomic E-state index is 10.6. The molecule has 0 saturated heterocycles. The first kappa shape index (κ1) is 13.2. The number of halogens is 1. The number of aromatic nitrogens is 2. The molecular formula is C12H10ClN3O3. The van der Waals surface area contributed by atoms with Crippen LogP contribution in [0.5, 0.6) is 11.6 Å². The Morgan fingerprint density at radius 1 is 1.26 bits per heavy atom. The number of nitro benzene ring substituents is 1. The van der Waals surface area contributed by atoms with Crippen LogP contribution in [-0.4, -0.2) is 14.9 Å². The number of hydrogen-bond donors (Lipinski definition) is 0. The molecule has 2 rings (SSSR count). The largest absolute Gasteiger partial charge is 0.439 e. The smallest absolute Gasteiger partial charge is 0.269 e. The molecule has 0 saturated carbocycles. The molecule has 1 aromatic carbocycles. The Labute approximate surface area is 114 Å². The lowest BCUT2D eigenvalue weighted by Gasteiger charge is -2.08. The SMILES string of the molecule is Cc1nc(Cl)cc(Oc2ccc([N+](=O)[O-])cc2C)n1. The summed E-state index contributed by atoms with van der Waals surface area (Å²) in [5.74, 6) is 1.27. The molecule has 0 radical (unpaired) electrons. The number of nitro groups is 1. The minimum Gasteiger partial charge on any atom is -0.439 e. The van der Waals surface area contributed by atoms with E-state index in [1.54, 1.807) is 13.8 Å². The number of benzene rings is 1. The highest BCUT2D eigenvalue weighted by molar-refractivity contribution is 6.29. The lowest BCUT2D eigenvalue weighted by molar-refractivity contribution is -0.384. The molecule has 0 N–H and O–H groups in total. The Morgan fingerprint density at radius 3 is 2.58 bits per heavy atom.